The molecule has 0 bridgehead atoms. The molecular formula is C10H13N5O3. The summed E-state index contributed by atoms with van der Waals surface area (Å²) in [6, 6.07) is 0. The van der Waals surface area contributed by atoms with Crippen molar-refractivity contribution in [1.29, 1.82) is 0 Å². The summed E-state index contributed by atoms with van der Waals surface area (Å²) in [4.78, 5) is 15.0. The molecule has 0 amide bonds. The van der Waals surface area contributed by atoms with Crippen LogP contribution in [0.4, 0.5) is 0 Å². The van der Waals surface area contributed by atoms with Crippen molar-refractivity contribution in [3.05, 3.63) is 29.2 Å². The molecule has 0 saturated heterocycles. The molecule has 0 aromatic carbocycles. The van der Waals surface area contributed by atoms with Crippen LogP contribution in [0.1, 0.15) is 27.6 Å². The highest BCUT2D eigenvalue weighted by Crippen LogP contribution is 2.11. The van der Waals surface area contributed by atoms with Crippen molar-refractivity contribution < 1.29 is 14.3 Å². The molecule has 3 N–H and O–H groups in total. The summed E-state index contributed by atoms with van der Waals surface area (Å²) in [7, 11) is 0. The number of hydrogen-bond donors (Lipinski definition) is 2. The number of aromatic carboxylic acids is 1. The van der Waals surface area contributed by atoms with Crippen LogP contribution in [-0.2, 0) is 13.0 Å². The van der Waals surface area contributed by atoms with Crippen LogP contribution in [-0.4, -0.2) is 37.6 Å². The van der Waals surface area contributed by atoms with Crippen molar-refractivity contribution in [2.45, 2.75) is 19.9 Å². The third-order valence-electron chi connectivity index (χ3n) is 2.57. The molecule has 0 unspecified atom stereocenters. The molecule has 2 rings (SSSR count). The Labute approximate surface area is 102 Å². The fraction of sp³-hybridized carbons (Fsp3) is 0.400. The summed E-state index contributed by atoms with van der Waals surface area (Å²) < 4.78 is 6.56. The predicted molar refractivity (Wildman–Crippen MR) is 60.1 cm³/mol. The van der Waals surface area contributed by atoms with Crippen LogP contribution in [0.25, 0.3) is 0 Å². The Kier molecular flexibility index (Phi) is 3.38. The van der Waals surface area contributed by atoms with Gasteiger partial charge in [-0.1, -0.05) is 5.21 Å². The number of carbonyl (C=O) groups is 1. The number of oxazole rings is 1. The first-order valence-electron chi connectivity index (χ1n) is 5.38. The Morgan fingerprint density at radius 2 is 2.39 bits per heavy atom. The lowest BCUT2D eigenvalue weighted by molar-refractivity contribution is 0.0689. The minimum atomic E-state index is -1.11. The summed E-state index contributed by atoms with van der Waals surface area (Å²) in [6.45, 7) is 2.42. The Hall–Kier alpha value is -2.22. The molecule has 2 aromatic rings. The Bertz CT molecular complexity index is 560. The van der Waals surface area contributed by atoms with Gasteiger partial charge in [0.15, 0.2) is 12.1 Å². The average Bonchev–Trinajstić information content (AvgIpc) is 2.89. The minimum absolute atomic E-state index is 0.0680. The first kappa shape index (κ1) is 12.2. The van der Waals surface area contributed by atoms with Gasteiger partial charge >= 0.3 is 5.97 Å². The lowest BCUT2D eigenvalue weighted by Gasteiger charge is -2.04. The largest absolute Gasteiger partial charge is 0.476 e. The first-order valence-corrected chi connectivity index (χ1v) is 5.38. The summed E-state index contributed by atoms with van der Waals surface area (Å²) >= 11 is 0. The third-order valence-corrected chi connectivity index (χ3v) is 2.57. The van der Waals surface area contributed by atoms with E-state index in [9.17, 15) is 4.79 Å². The maximum absolute atomic E-state index is 11.0. The molecule has 0 atom stereocenters. The zero-order valence-corrected chi connectivity index (χ0v) is 9.83. The predicted octanol–water partition coefficient (Wildman–Crippen LogP) is -0.178. The summed E-state index contributed by atoms with van der Waals surface area (Å²) in [5.41, 5.74) is 6.58. The number of nitrogens with two attached hydrogens (primary N) is 1. The number of hydrogen-bond acceptors (Lipinski definition) is 6. The molecule has 0 spiro atoms. The van der Waals surface area contributed by atoms with E-state index in [0.717, 1.165) is 0 Å². The lowest BCUT2D eigenvalue weighted by Crippen LogP contribution is -2.14. The van der Waals surface area contributed by atoms with Crippen molar-refractivity contribution in [2.24, 2.45) is 5.73 Å². The number of aromatic nitrogens is 4. The van der Waals surface area contributed by atoms with Crippen molar-refractivity contribution in [2.75, 3.05) is 6.54 Å². The van der Waals surface area contributed by atoms with E-state index in [0.29, 0.717) is 36.7 Å². The third kappa shape index (κ3) is 2.23. The number of carboxylic acids is 1. The lowest BCUT2D eigenvalue weighted by atomic mass is 10.2. The van der Waals surface area contributed by atoms with Gasteiger partial charge in [-0.3, -0.25) is 0 Å². The monoisotopic (exact) mass is 251 g/mol. The SMILES string of the molecule is Cc1ocnc1Cn1nnc(C(=O)O)c1CCN. The molecule has 0 aliphatic carbocycles. The highest BCUT2D eigenvalue weighted by atomic mass is 16.4. The highest BCUT2D eigenvalue weighted by Gasteiger charge is 2.19. The van der Waals surface area contributed by atoms with E-state index in [4.69, 9.17) is 15.3 Å². The fourth-order valence-electron chi connectivity index (χ4n) is 1.63. The zero-order chi connectivity index (χ0) is 13.1. The molecule has 0 fully saturated rings. The van der Waals surface area contributed by atoms with Crippen molar-refractivity contribution in [1.82, 2.24) is 20.0 Å². The van der Waals surface area contributed by atoms with Gasteiger partial charge in [0.1, 0.15) is 11.5 Å². The molecule has 2 aromatic heterocycles. The van der Waals surface area contributed by atoms with E-state index in [1.54, 1.807) is 6.92 Å². The van der Waals surface area contributed by atoms with Gasteiger partial charge < -0.3 is 15.3 Å². The summed E-state index contributed by atoms with van der Waals surface area (Å²) in [5.74, 6) is -0.442. The fourth-order valence-corrected chi connectivity index (χ4v) is 1.63. The van der Waals surface area contributed by atoms with E-state index < -0.39 is 5.97 Å². The van der Waals surface area contributed by atoms with Gasteiger partial charge in [0.25, 0.3) is 0 Å². The molecule has 0 aliphatic rings. The molecule has 96 valence electrons. The highest BCUT2D eigenvalue weighted by molar-refractivity contribution is 5.86. The number of rotatable bonds is 5. The minimum Gasteiger partial charge on any atom is -0.476 e. The molecule has 8 heteroatoms. The standard InChI is InChI=1S/C10H13N5O3/c1-6-7(12-5-18-6)4-15-8(2-3-11)9(10(16)17)13-14-15/h5H,2-4,11H2,1H3,(H,16,17). The van der Waals surface area contributed by atoms with E-state index in [-0.39, 0.29) is 5.69 Å². The van der Waals surface area contributed by atoms with Crippen LogP contribution >= 0.6 is 0 Å². The quantitative estimate of drug-likeness (QED) is 0.756. The topological polar surface area (TPSA) is 120 Å². The second-order valence-corrected chi connectivity index (χ2v) is 3.74. The van der Waals surface area contributed by atoms with Crippen molar-refractivity contribution in [3.63, 3.8) is 0 Å². The van der Waals surface area contributed by atoms with Crippen LogP contribution in [0.2, 0.25) is 0 Å². The van der Waals surface area contributed by atoms with E-state index in [1.165, 1.54) is 11.1 Å². The Morgan fingerprint density at radius 1 is 1.61 bits per heavy atom. The van der Waals surface area contributed by atoms with Gasteiger partial charge in [-0.2, -0.15) is 0 Å². The van der Waals surface area contributed by atoms with Gasteiger partial charge in [0.2, 0.25) is 0 Å². The summed E-state index contributed by atoms with van der Waals surface area (Å²) in [6.07, 6.45) is 1.73. The van der Waals surface area contributed by atoms with E-state index in [1.807, 2.05) is 0 Å². The van der Waals surface area contributed by atoms with Crippen LogP contribution in [0.5, 0.6) is 0 Å². The first-order chi connectivity index (χ1) is 8.63. The van der Waals surface area contributed by atoms with E-state index in [2.05, 4.69) is 15.3 Å². The smallest absolute Gasteiger partial charge is 0.358 e. The molecule has 0 saturated carbocycles. The van der Waals surface area contributed by atoms with E-state index >= 15 is 0 Å². The van der Waals surface area contributed by atoms with Gasteiger partial charge in [-0.05, 0) is 13.5 Å². The number of nitrogens with zero attached hydrogens (tertiary/aromatic N) is 4. The molecule has 0 aliphatic heterocycles. The number of aryl methyl sites for hydroxylation is 1. The molecule has 2 heterocycles. The second-order valence-electron chi connectivity index (χ2n) is 3.74. The van der Waals surface area contributed by atoms with Crippen LogP contribution in [0.3, 0.4) is 0 Å². The van der Waals surface area contributed by atoms with Crippen molar-refractivity contribution >= 4 is 5.97 Å². The molecular weight excluding hydrogens is 238 g/mol. The summed E-state index contributed by atoms with van der Waals surface area (Å²) in [5, 5.41) is 16.5. The van der Waals surface area contributed by atoms with Crippen molar-refractivity contribution in [3.8, 4) is 0 Å². The van der Waals surface area contributed by atoms with Gasteiger partial charge in [-0.15, -0.1) is 5.10 Å². The Morgan fingerprint density at radius 3 is 2.94 bits per heavy atom. The van der Waals surface area contributed by atoms with Crippen LogP contribution in [0.15, 0.2) is 10.8 Å². The molecule has 18 heavy (non-hydrogen) atoms. The number of carboxylic acid groups (broad SMARTS) is 1. The molecule has 8 nitrogen and oxygen atoms in total. The van der Waals surface area contributed by atoms with Crippen LogP contribution in [0, 0.1) is 6.92 Å². The normalized spacial score (nSPS) is 10.8. The second kappa shape index (κ2) is 4.96. The zero-order valence-electron chi connectivity index (χ0n) is 9.83. The van der Waals surface area contributed by atoms with Gasteiger partial charge in [-0.25, -0.2) is 14.5 Å². The Balaban J connectivity index is 2.33. The molecule has 0 radical (unpaired) electrons. The average molecular weight is 251 g/mol. The van der Waals surface area contributed by atoms with Crippen LogP contribution < -0.4 is 5.73 Å². The maximum Gasteiger partial charge on any atom is 0.358 e. The van der Waals surface area contributed by atoms with Gasteiger partial charge in [0.05, 0.1) is 12.2 Å². The maximum atomic E-state index is 11.0. The van der Waals surface area contributed by atoms with Gasteiger partial charge in [0, 0.05) is 6.42 Å².